The molecule has 236 valence electrons. The van der Waals surface area contributed by atoms with Gasteiger partial charge in [-0.2, -0.15) is 0 Å². The molecule has 0 aliphatic heterocycles. The average molecular weight is 656 g/mol. The third-order valence-corrected chi connectivity index (χ3v) is 11.2. The Kier molecular flexibility index (Phi) is 6.28. The highest BCUT2D eigenvalue weighted by atomic mass is 32.2. The predicted octanol–water partition coefficient (Wildman–Crippen LogP) is 9.65. The first-order chi connectivity index (χ1) is 23.6. The first-order valence-corrected chi connectivity index (χ1v) is 17.1. The highest BCUT2D eigenvalue weighted by Crippen LogP contribution is 2.39. The summed E-state index contributed by atoms with van der Waals surface area (Å²) >= 11 is 0. The van der Waals surface area contributed by atoms with Gasteiger partial charge in [-0.15, -0.1) is 0 Å². The second-order valence-electron chi connectivity index (χ2n) is 12.0. The van der Waals surface area contributed by atoms with Crippen LogP contribution in [0.15, 0.2) is 157 Å². The fourth-order valence-electron chi connectivity index (χ4n) is 7.39. The standard InChI is InChI=1S/C40H25N5O2S.CH4/c46-48(47,28-8-2-1-3-9-28)45-39-16-14-26(43-35-12-6-4-10-29(35)33-24-41-20-18-37(33)43)22-31(39)32-23-27(15-17-40(32)45)44-36-13-7-5-11-30(36)34-25-42-21-19-38(34)44;/h1-25H;1H4. The molecule has 49 heavy (non-hydrogen) atoms. The van der Waals surface area contributed by atoms with E-state index in [-0.39, 0.29) is 12.3 Å². The molecule has 10 aromatic rings. The topological polar surface area (TPSA) is 74.7 Å². The molecule has 0 saturated carbocycles. The predicted molar refractivity (Wildman–Crippen MR) is 199 cm³/mol. The summed E-state index contributed by atoms with van der Waals surface area (Å²) in [5, 5.41) is 6.02. The maximum Gasteiger partial charge on any atom is 0.268 e. The van der Waals surface area contributed by atoms with Gasteiger partial charge >= 0.3 is 0 Å². The summed E-state index contributed by atoms with van der Waals surface area (Å²) in [4.78, 5) is 9.05. The molecule has 8 heteroatoms. The highest BCUT2D eigenvalue weighted by molar-refractivity contribution is 7.90. The van der Waals surface area contributed by atoms with Crippen LogP contribution in [0.3, 0.4) is 0 Å². The molecule has 0 fully saturated rings. The van der Waals surface area contributed by atoms with E-state index in [0.717, 1.165) is 65.8 Å². The zero-order valence-corrected chi connectivity index (χ0v) is 26.2. The highest BCUT2D eigenvalue weighted by Gasteiger charge is 2.25. The lowest BCUT2D eigenvalue weighted by molar-refractivity contribution is 0.590. The van der Waals surface area contributed by atoms with Gasteiger partial charge < -0.3 is 9.13 Å². The molecule has 0 amide bonds. The van der Waals surface area contributed by atoms with Gasteiger partial charge in [-0.05, 0) is 72.8 Å². The molecule has 5 heterocycles. The Morgan fingerprint density at radius 2 is 0.878 bits per heavy atom. The Bertz CT molecular complexity index is 2750. The number of pyridine rings is 2. The number of fused-ring (bicyclic) bond motifs is 9. The third-order valence-electron chi connectivity index (χ3n) is 9.43. The van der Waals surface area contributed by atoms with E-state index < -0.39 is 10.0 Å². The molecule has 10 rings (SSSR count). The van der Waals surface area contributed by atoms with Gasteiger partial charge in [0, 0.05) is 68.5 Å². The van der Waals surface area contributed by atoms with E-state index in [2.05, 4.69) is 55.5 Å². The number of hydrogen-bond acceptors (Lipinski definition) is 4. The first-order valence-electron chi connectivity index (χ1n) is 15.7. The Labute approximate surface area is 282 Å². The SMILES string of the molecule is C.O=S(=O)(c1ccccc1)n1c2ccc(-n3c4ccccc4c4cnccc43)cc2c2cc(-n3c4ccccc4c4cnccc43)ccc21. The zero-order valence-electron chi connectivity index (χ0n) is 25.4. The van der Waals surface area contributed by atoms with Gasteiger partial charge in [-0.1, -0.05) is 62.0 Å². The van der Waals surface area contributed by atoms with Crippen molar-refractivity contribution in [3.63, 3.8) is 0 Å². The monoisotopic (exact) mass is 655 g/mol. The normalized spacial score (nSPS) is 12.1. The Balaban J connectivity index is 0.00000325. The Morgan fingerprint density at radius 1 is 0.429 bits per heavy atom. The third kappa shape index (κ3) is 4.04. The lowest BCUT2D eigenvalue weighted by Crippen LogP contribution is -2.12. The van der Waals surface area contributed by atoms with Crippen LogP contribution in [-0.2, 0) is 10.0 Å². The molecule has 0 N–H and O–H groups in total. The van der Waals surface area contributed by atoms with E-state index in [9.17, 15) is 8.42 Å². The molecule has 5 aromatic heterocycles. The van der Waals surface area contributed by atoms with Crippen molar-refractivity contribution in [3.05, 3.63) is 152 Å². The first kappa shape index (κ1) is 28.9. The summed E-state index contributed by atoms with van der Waals surface area (Å²) in [7, 11) is -3.93. The number of para-hydroxylation sites is 2. The number of hydrogen-bond donors (Lipinski definition) is 0. The summed E-state index contributed by atoms with van der Waals surface area (Å²) in [5.41, 5.74) is 7.28. The van der Waals surface area contributed by atoms with E-state index in [4.69, 9.17) is 0 Å². The second kappa shape index (κ2) is 10.6. The van der Waals surface area contributed by atoms with E-state index in [1.165, 1.54) is 3.97 Å². The second-order valence-corrected chi connectivity index (χ2v) is 13.8. The summed E-state index contributed by atoms with van der Waals surface area (Å²) in [6, 6.07) is 41.4. The van der Waals surface area contributed by atoms with Crippen molar-refractivity contribution in [2.45, 2.75) is 12.3 Å². The maximum atomic E-state index is 14.4. The number of nitrogens with zero attached hydrogens (tertiary/aromatic N) is 5. The van der Waals surface area contributed by atoms with E-state index in [0.29, 0.717) is 11.0 Å². The molecule has 7 nitrogen and oxygen atoms in total. The van der Waals surface area contributed by atoms with Crippen LogP contribution >= 0.6 is 0 Å². The smallest absolute Gasteiger partial charge is 0.268 e. The van der Waals surface area contributed by atoms with Crippen molar-refractivity contribution in [2.24, 2.45) is 0 Å². The van der Waals surface area contributed by atoms with Crippen LogP contribution < -0.4 is 0 Å². The molecule has 0 aliphatic rings. The van der Waals surface area contributed by atoms with Gasteiger partial charge in [-0.3, -0.25) is 9.97 Å². The van der Waals surface area contributed by atoms with Crippen LogP contribution in [0.1, 0.15) is 7.43 Å². The molecule has 0 bridgehead atoms. The molecule has 0 spiro atoms. The number of rotatable bonds is 4. The lowest BCUT2D eigenvalue weighted by Gasteiger charge is -2.11. The maximum absolute atomic E-state index is 14.4. The summed E-state index contributed by atoms with van der Waals surface area (Å²) in [6.07, 6.45) is 7.42. The summed E-state index contributed by atoms with van der Waals surface area (Å²) < 4.78 is 34.7. The van der Waals surface area contributed by atoms with Crippen LogP contribution in [0.2, 0.25) is 0 Å². The van der Waals surface area contributed by atoms with Crippen molar-refractivity contribution >= 4 is 75.4 Å². The fourth-order valence-corrected chi connectivity index (χ4v) is 8.93. The molecular weight excluding hydrogens is 627 g/mol. The van der Waals surface area contributed by atoms with Crippen molar-refractivity contribution < 1.29 is 8.42 Å². The molecule has 5 aromatic carbocycles. The van der Waals surface area contributed by atoms with Crippen molar-refractivity contribution in [3.8, 4) is 11.4 Å². The minimum atomic E-state index is -3.93. The molecule has 0 radical (unpaired) electrons. The lowest BCUT2D eigenvalue weighted by atomic mass is 10.1. The van der Waals surface area contributed by atoms with Crippen LogP contribution in [0.4, 0.5) is 0 Å². The zero-order chi connectivity index (χ0) is 32.0. The summed E-state index contributed by atoms with van der Waals surface area (Å²) in [6.45, 7) is 0. The fraction of sp³-hybridized carbons (Fsp3) is 0.0244. The van der Waals surface area contributed by atoms with Crippen molar-refractivity contribution in [2.75, 3.05) is 0 Å². The quantitative estimate of drug-likeness (QED) is 0.189. The van der Waals surface area contributed by atoms with Crippen LogP contribution in [0, 0.1) is 0 Å². The molecular formula is C41H29N5O2S. The van der Waals surface area contributed by atoms with E-state index >= 15 is 0 Å². The number of aromatic nitrogens is 5. The van der Waals surface area contributed by atoms with Gasteiger partial charge in [0.1, 0.15) is 0 Å². The minimum Gasteiger partial charge on any atom is -0.309 e. The van der Waals surface area contributed by atoms with Crippen LogP contribution in [-0.4, -0.2) is 31.5 Å². The molecule has 0 saturated heterocycles. The Hall–Kier alpha value is -6.25. The van der Waals surface area contributed by atoms with Crippen molar-refractivity contribution in [1.82, 2.24) is 23.1 Å². The molecule has 0 atom stereocenters. The van der Waals surface area contributed by atoms with Gasteiger partial charge in [0.25, 0.3) is 10.0 Å². The molecule has 0 aliphatic carbocycles. The largest absolute Gasteiger partial charge is 0.309 e. The average Bonchev–Trinajstić information content (AvgIpc) is 3.77. The minimum absolute atomic E-state index is 0. The molecule has 0 unspecified atom stereocenters. The van der Waals surface area contributed by atoms with Gasteiger partial charge in [0.15, 0.2) is 0 Å². The van der Waals surface area contributed by atoms with Crippen molar-refractivity contribution in [1.29, 1.82) is 0 Å². The van der Waals surface area contributed by atoms with Gasteiger partial charge in [0.05, 0.1) is 38.0 Å². The van der Waals surface area contributed by atoms with Crippen LogP contribution in [0.25, 0.3) is 76.8 Å². The van der Waals surface area contributed by atoms with E-state index in [1.807, 2.05) is 91.5 Å². The Morgan fingerprint density at radius 3 is 1.39 bits per heavy atom. The van der Waals surface area contributed by atoms with E-state index in [1.54, 1.807) is 24.3 Å². The van der Waals surface area contributed by atoms with Gasteiger partial charge in [-0.25, -0.2) is 12.4 Å². The number of benzene rings is 5. The van der Waals surface area contributed by atoms with Crippen LogP contribution in [0.5, 0.6) is 0 Å². The van der Waals surface area contributed by atoms with Gasteiger partial charge in [0.2, 0.25) is 0 Å². The summed E-state index contributed by atoms with van der Waals surface area (Å²) in [5.74, 6) is 0.